The van der Waals surface area contributed by atoms with Gasteiger partial charge in [0.25, 0.3) is 0 Å². The highest BCUT2D eigenvalue weighted by Crippen LogP contribution is 2.29. The average Bonchev–Trinajstić information content (AvgIpc) is 2.82. The van der Waals surface area contributed by atoms with Gasteiger partial charge in [0.05, 0.1) is 4.90 Å². The maximum Gasteiger partial charge on any atom is 0.410 e. The lowest BCUT2D eigenvalue weighted by Crippen LogP contribution is -2.50. The molecule has 1 amide bonds. The van der Waals surface area contributed by atoms with E-state index in [2.05, 4.69) is 4.90 Å². The normalized spacial score (nSPS) is 14.7. The van der Waals surface area contributed by atoms with E-state index in [0.717, 1.165) is 11.1 Å². The van der Waals surface area contributed by atoms with Crippen LogP contribution in [0.3, 0.4) is 0 Å². The molecule has 35 heavy (non-hydrogen) atoms. The van der Waals surface area contributed by atoms with E-state index in [-0.39, 0.29) is 22.2 Å². The summed E-state index contributed by atoms with van der Waals surface area (Å²) in [5, 5.41) is 9.33. The van der Waals surface area contributed by atoms with Gasteiger partial charge in [0, 0.05) is 48.5 Å². The second kappa shape index (κ2) is 9.22. The molecule has 1 aliphatic heterocycles. The van der Waals surface area contributed by atoms with E-state index < -0.39 is 20.5 Å². The van der Waals surface area contributed by atoms with Crippen LogP contribution in [0.1, 0.15) is 26.3 Å². The summed E-state index contributed by atoms with van der Waals surface area (Å²) in [4.78, 5) is 16.1. The van der Waals surface area contributed by atoms with Gasteiger partial charge in [0.1, 0.15) is 5.60 Å². The number of nitrogens with one attached hydrogen (secondary N) is 1. The Balaban J connectivity index is 1.52. The van der Waals surface area contributed by atoms with Crippen molar-refractivity contribution in [3.63, 3.8) is 0 Å². The molecule has 3 N–H and O–H groups in total. The summed E-state index contributed by atoms with van der Waals surface area (Å²) in [6.07, 6.45) is -0.334. The van der Waals surface area contributed by atoms with Crippen molar-refractivity contribution in [1.29, 1.82) is 5.41 Å². The molecular formula is C26H30N4O4S. The molecule has 1 aliphatic rings. The number of piperazine rings is 1. The van der Waals surface area contributed by atoms with Crippen molar-refractivity contribution in [3.05, 3.63) is 66.2 Å². The van der Waals surface area contributed by atoms with Gasteiger partial charge in [-0.05, 0) is 50.4 Å². The van der Waals surface area contributed by atoms with Crippen LogP contribution in [0.15, 0.2) is 65.6 Å². The van der Waals surface area contributed by atoms with Gasteiger partial charge < -0.3 is 20.3 Å². The first-order valence-electron chi connectivity index (χ1n) is 11.4. The molecule has 9 heteroatoms. The molecule has 0 aromatic heterocycles. The zero-order valence-electron chi connectivity index (χ0n) is 20.1. The van der Waals surface area contributed by atoms with E-state index in [1.165, 1.54) is 6.07 Å². The van der Waals surface area contributed by atoms with E-state index >= 15 is 0 Å². The Bertz CT molecular complexity index is 1380. The first-order valence-corrected chi connectivity index (χ1v) is 12.9. The lowest BCUT2D eigenvalue weighted by molar-refractivity contribution is 0.0240. The van der Waals surface area contributed by atoms with Gasteiger partial charge in [-0.15, -0.1) is 0 Å². The highest BCUT2D eigenvalue weighted by molar-refractivity contribution is 8.07. The number of nitrogens with zero attached hydrogens (tertiary/aromatic N) is 2. The van der Waals surface area contributed by atoms with Gasteiger partial charge in [-0.3, -0.25) is 5.41 Å². The van der Waals surface area contributed by atoms with Crippen LogP contribution in [0.2, 0.25) is 0 Å². The van der Waals surface area contributed by atoms with Crippen LogP contribution >= 0.6 is 0 Å². The van der Waals surface area contributed by atoms with E-state index in [9.17, 15) is 13.2 Å². The van der Waals surface area contributed by atoms with Crippen molar-refractivity contribution < 1.29 is 17.9 Å². The highest BCUT2D eigenvalue weighted by Gasteiger charge is 2.28. The fourth-order valence-electron chi connectivity index (χ4n) is 4.11. The number of carbonyl (C=O) groups excluding carboxylic acids is 1. The lowest BCUT2D eigenvalue weighted by Gasteiger charge is -2.37. The standard InChI is InChI=1S/C26H30N4O4S/c1-26(2,3)34-25(31)30-15-13-29(14-16-30)19-11-12-21(22(27)17-19)24(28)35(32,33)23-10-6-8-18-7-4-5-9-20(18)23/h4-12,17,28H,13-16,27H2,1-3H3. The third-order valence-electron chi connectivity index (χ3n) is 5.88. The molecule has 0 atom stereocenters. The van der Waals surface area contributed by atoms with Gasteiger partial charge in [0.2, 0.25) is 9.84 Å². The summed E-state index contributed by atoms with van der Waals surface area (Å²) in [5.74, 6) is 0. The second-order valence-electron chi connectivity index (χ2n) is 9.54. The van der Waals surface area contributed by atoms with Crippen molar-refractivity contribution in [2.75, 3.05) is 36.8 Å². The maximum atomic E-state index is 13.3. The van der Waals surface area contributed by atoms with Gasteiger partial charge in [-0.25, -0.2) is 13.2 Å². The summed E-state index contributed by atoms with van der Waals surface area (Å²) in [6, 6.07) is 17.2. The van der Waals surface area contributed by atoms with Crippen LogP contribution in [0.5, 0.6) is 0 Å². The number of hydrogen-bond donors (Lipinski definition) is 2. The maximum absolute atomic E-state index is 13.3. The fourth-order valence-corrected chi connectivity index (χ4v) is 5.54. The number of fused-ring (bicyclic) bond motifs is 1. The molecule has 0 unspecified atom stereocenters. The topological polar surface area (TPSA) is 117 Å². The van der Waals surface area contributed by atoms with Crippen LogP contribution in [0.25, 0.3) is 10.8 Å². The Morgan fingerprint density at radius 1 is 0.971 bits per heavy atom. The van der Waals surface area contributed by atoms with Crippen molar-refractivity contribution in [2.24, 2.45) is 0 Å². The number of nitrogens with two attached hydrogens (primary N) is 1. The monoisotopic (exact) mass is 494 g/mol. The summed E-state index contributed by atoms with van der Waals surface area (Å²) in [7, 11) is -4.08. The van der Waals surface area contributed by atoms with Gasteiger partial charge in [-0.2, -0.15) is 0 Å². The molecule has 0 spiro atoms. The number of benzene rings is 3. The zero-order valence-corrected chi connectivity index (χ0v) is 20.9. The zero-order chi connectivity index (χ0) is 25.4. The van der Waals surface area contributed by atoms with Crippen LogP contribution in [0, 0.1) is 5.41 Å². The van der Waals surface area contributed by atoms with Crippen LogP contribution < -0.4 is 10.6 Å². The van der Waals surface area contributed by atoms with E-state index in [4.69, 9.17) is 15.9 Å². The Morgan fingerprint density at radius 2 is 1.63 bits per heavy atom. The van der Waals surface area contributed by atoms with E-state index in [1.54, 1.807) is 41.3 Å². The summed E-state index contributed by atoms with van der Waals surface area (Å²) >= 11 is 0. The van der Waals surface area contributed by atoms with Crippen LogP contribution in [-0.2, 0) is 14.6 Å². The van der Waals surface area contributed by atoms with Gasteiger partial charge >= 0.3 is 6.09 Å². The molecule has 8 nitrogen and oxygen atoms in total. The lowest BCUT2D eigenvalue weighted by atomic mass is 10.1. The molecule has 1 fully saturated rings. The molecule has 3 aromatic rings. The third-order valence-corrected chi connectivity index (χ3v) is 7.58. The molecular weight excluding hydrogens is 464 g/mol. The number of carbonyl (C=O) groups is 1. The number of hydrogen-bond acceptors (Lipinski definition) is 7. The van der Waals surface area contributed by atoms with Crippen molar-refractivity contribution >= 4 is 43.1 Å². The smallest absolute Gasteiger partial charge is 0.410 e. The Kier molecular flexibility index (Phi) is 6.46. The number of sulfone groups is 1. The average molecular weight is 495 g/mol. The predicted molar refractivity (Wildman–Crippen MR) is 139 cm³/mol. The number of anilines is 2. The fraction of sp³-hybridized carbons (Fsp3) is 0.308. The quantitative estimate of drug-likeness (QED) is 0.319. The predicted octanol–water partition coefficient (Wildman–Crippen LogP) is 4.28. The molecule has 0 saturated carbocycles. The van der Waals surface area contributed by atoms with Gasteiger partial charge in [0.15, 0.2) is 5.04 Å². The van der Waals surface area contributed by atoms with Gasteiger partial charge in [-0.1, -0.05) is 36.4 Å². The third kappa shape index (κ3) is 5.09. The molecule has 184 valence electrons. The molecule has 3 aromatic carbocycles. The second-order valence-corrected chi connectivity index (χ2v) is 11.4. The first kappa shape index (κ1) is 24.5. The Labute approximate surface area is 205 Å². The Morgan fingerprint density at radius 3 is 2.29 bits per heavy atom. The molecule has 1 saturated heterocycles. The summed E-state index contributed by atoms with van der Waals surface area (Å²) in [5.41, 5.74) is 6.88. The van der Waals surface area contributed by atoms with Crippen molar-refractivity contribution in [3.8, 4) is 0 Å². The molecule has 4 rings (SSSR count). The highest BCUT2D eigenvalue weighted by atomic mass is 32.2. The van der Waals surface area contributed by atoms with Crippen LogP contribution in [0.4, 0.5) is 16.2 Å². The van der Waals surface area contributed by atoms with E-state index in [1.807, 2.05) is 39.0 Å². The molecule has 0 radical (unpaired) electrons. The van der Waals surface area contributed by atoms with E-state index in [0.29, 0.717) is 31.6 Å². The first-order chi connectivity index (χ1) is 16.5. The summed E-state index contributed by atoms with van der Waals surface area (Å²) in [6.45, 7) is 7.69. The Hall–Kier alpha value is -3.59. The largest absolute Gasteiger partial charge is 0.444 e. The number of amides is 1. The number of nitrogen functional groups attached to an aromatic ring is 1. The molecule has 1 heterocycles. The molecule has 0 aliphatic carbocycles. The molecule has 0 bridgehead atoms. The minimum absolute atomic E-state index is 0.0855. The minimum atomic E-state index is -4.08. The minimum Gasteiger partial charge on any atom is -0.444 e. The number of ether oxygens (including phenoxy) is 1. The summed E-state index contributed by atoms with van der Waals surface area (Å²) < 4.78 is 32.1. The number of rotatable bonds is 3. The van der Waals surface area contributed by atoms with Crippen molar-refractivity contribution in [1.82, 2.24) is 4.90 Å². The SMILES string of the molecule is CC(C)(C)OC(=O)N1CCN(c2ccc(C(=N)S(=O)(=O)c3cccc4ccccc34)c(N)c2)CC1. The van der Waals surface area contributed by atoms with Crippen molar-refractivity contribution in [2.45, 2.75) is 31.3 Å². The van der Waals surface area contributed by atoms with Crippen LogP contribution in [-0.4, -0.2) is 56.2 Å².